The second-order valence-electron chi connectivity index (χ2n) is 8.43. The second-order valence-corrected chi connectivity index (χ2v) is 8.43. The maximum absolute atomic E-state index is 13.7. The van der Waals surface area contributed by atoms with Gasteiger partial charge in [-0.2, -0.15) is 0 Å². The minimum Gasteiger partial charge on any atom is -0.872 e. The number of aromatic amines is 1. The number of esters is 1. The lowest BCUT2D eigenvalue weighted by Crippen LogP contribution is -3.11. The van der Waals surface area contributed by atoms with Crippen LogP contribution in [0.3, 0.4) is 0 Å². The molecule has 0 saturated carbocycles. The summed E-state index contributed by atoms with van der Waals surface area (Å²) in [5.41, 5.74) is 1.73. The van der Waals surface area contributed by atoms with Gasteiger partial charge in [0.2, 0.25) is 5.78 Å². The van der Waals surface area contributed by atoms with Gasteiger partial charge >= 0.3 is 5.97 Å². The first kappa shape index (κ1) is 25.2. The van der Waals surface area contributed by atoms with Gasteiger partial charge in [-0.1, -0.05) is 5.76 Å². The molecule has 3 rings (SSSR count). The molecule has 1 aliphatic rings. The highest BCUT2D eigenvalue weighted by molar-refractivity contribution is 6.46. The van der Waals surface area contributed by atoms with Crippen LogP contribution >= 0.6 is 0 Å². The summed E-state index contributed by atoms with van der Waals surface area (Å²) in [7, 11) is 1.25. The number of aromatic nitrogens is 2. The molecule has 1 atom stereocenters. The third kappa shape index (κ3) is 4.61. The van der Waals surface area contributed by atoms with Crippen LogP contribution in [0.4, 0.5) is 0 Å². The summed E-state index contributed by atoms with van der Waals surface area (Å²) in [6.45, 7) is 10.7. The van der Waals surface area contributed by atoms with E-state index in [9.17, 15) is 19.5 Å². The summed E-state index contributed by atoms with van der Waals surface area (Å²) in [5, 5.41) is 13.7. The van der Waals surface area contributed by atoms with Crippen molar-refractivity contribution in [2.45, 2.75) is 40.2 Å². The number of H-pyrrole nitrogens is 1. The number of carbonyl (C=O) groups excluding carboxylic acids is 3. The molecule has 3 heterocycles. The highest BCUT2D eigenvalue weighted by Gasteiger charge is 2.44. The van der Waals surface area contributed by atoms with Gasteiger partial charge in [0.05, 0.1) is 32.8 Å². The van der Waals surface area contributed by atoms with Crippen molar-refractivity contribution in [3.05, 3.63) is 58.2 Å². The first-order valence-corrected chi connectivity index (χ1v) is 11.5. The molecule has 2 N–H and O–H groups in total. The van der Waals surface area contributed by atoms with Gasteiger partial charge < -0.3 is 24.6 Å². The highest BCUT2D eigenvalue weighted by atomic mass is 16.5. The van der Waals surface area contributed by atoms with Gasteiger partial charge in [0, 0.05) is 36.6 Å². The fraction of sp³-hybridized carbons (Fsp3) is 0.440. The number of amides is 1. The SMILES string of the molecule is CC[NH+](CC)CCCN1C(=O)C(=O)/C(=C(/[O-])c2c(C)[nH]c(C(=O)OC)c2C)C1c1ccncc1. The number of aryl methyl sites for hydroxylation is 1. The summed E-state index contributed by atoms with van der Waals surface area (Å²) < 4.78 is 4.79. The molecule has 34 heavy (non-hydrogen) atoms. The molecule has 9 heteroatoms. The van der Waals surface area contributed by atoms with E-state index in [0.29, 0.717) is 29.8 Å². The number of methoxy groups -OCH3 is 1. The number of ketones is 1. The minimum absolute atomic E-state index is 0.104. The van der Waals surface area contributed by atoms with Crippen LogP contribution in [-0.2, 0) is 14.3 Å². The van der Waals surface area contributed by atoms with E-state index < -0.39 is 29.5 Å². The van der Waals surface area contributed by atoms with Gasteiger partial charge in [-0.3, -0.25) is 14.6 Å². The van der Waals surface area contributed by atoms with Crippen LogP contribution in [0.15, 0.2) is 30.1 Å². The monoisotopic (exact) mass is 468 g/mol. The standard InChI is InChI=1S/C25H32N4O5/c1-6-28(7-2)13-8-14-29-21(17-9-11-26-12-10-17)19(23(31)24(29)32)22(30)18-15(3)20(25(33)34-5)27-16(18)4/h9-12,21,27,30H,6-8,13-14H2,1-5H3/b22-19+. The van der Waals surface area contributed by atoms with Crippen LogP contribution in [0.1, 0.15) is 59.2 Å². The average molecular weight is 469 g/mol. The van der Waals surface area contributed by atoms with Gasteiger partial charge in [0.25, 0.3) is 5.91 Å². The van der Waals surface area contributed by atoms with Gasteiger partial charge in [-0.15, -0.1) is 0 Å². The first-order valence-electron chi connectivity index (χ1n) is 11.5. The summed E-state index contributed by atoms with van der Waals surface area (Å²) >= 11 is 0. The fourth-order valence-electron chi connectivity index (χ4n) is 4.63. The zero-order chi connectivity index (χ0) is 25.0. The molecular formula is C25H32N4O5. The molecule has 1 aliphatic heterocycles. The predicted molar refractivity (Wildman–Crippen MR) is 124 cm³/mol. The normalized spacial score (nSPS) is 17.6. The molecule has 0 spiro atoms. The third-order valence-corrected chi connectivity index (χ3v) is 6.53. The Morgan fingerprint density at radius 3 is 2.44 bits per heavy atom. The van der Waals surface area contributed by atoms with Crippen LogP contribution in [0.5, 0.6) is 0 Å². The zero-order valence-corrected chi connectivity index (χ0v) is 20.4. The zero-order valence-electron chi connectivity index (χ0n) is 20.4. The third-order valence-electron chi connectivity index (χ3n) is 6.53. The van der Waals surface area contributed by atoms with Crippen LogP contribution in [0.25, 0.3) is 5.76 Å². The molecule has 0 bridgehead atoms. The number of carbonyl (C=O) groups is 3. The van der Waals surface area contributed by atoms with E-state index in [1.807, 2.05) is 0 Å². The number of nitrogens with one attached hydrogen (secondary N) is 2. The lowest BCUT2D eigenvalue weighted by molar-refractivity contribution is -0.896. The van der Waals surface area contributed by atoms with Crippen LogP contribution in [0, 0.1) is 13.8 Å². The highest BCUT2D eigenvalue weighted by Crippen LogP contribution is 2.39. The number of pyridine rings is 1. The predicted octanol–water partition coefficient (Wildman–Crippen LogP) is 0.352. The van der Waals surface area contributed by atoms with Crippen molar-refractivity contribution >= 4 is 23.4 Å². The smallest absolute Gasteiger partial charge is 0.354 e. The Hall–Kier alpha value is -3.46. The van der Waals surface area contributed by atoms with E-state index in [-0.39, 0.29) is 16.8 Å². The molecule has 1 unspecified atom stereocenters. The van der Waals surface area contributed by atoms with Crippen molar-refractivity contribution in [2.24, 2.45) is 0 Å². The Labute approximate surface area is 199 Å². The summed E-state index contributed by atoms with van der Waals surface area (Å²) in [4.78, 5) is 48.2. The number of hydrogen-bond donors (Lipinski definition) is 2. The van der Waals surface area contributed by atoms with Crippen molar-refractivity contribution in [1.29, 1.82) is 0 Å². The van der Waals surface area contributed by atoms with E-state index >= 15 is 0 Å². The van der Waals surface area contributed by atoms with Crippen LogP contribution < -0.4 is 10.0 Å². The largest absolute Gasteiger partial charge is 0.872 e. The van der Waals surface area contributed by atoms with Gasteiger partial charge in [-0.25, -0.2) is 4.79 Å². The lowest BCUT2D eigenvalue weighted by Gasteiger charge is -2.28. The quantitative estimate of drug-likeness (QED) is 0.237. The van der Waals surface area contributed by atoms with E-state index in [1.54, 1.807) is 38.4 Å². The fourth-order valence-corrected chi connectivity index (χ4v) is 4.63. The van der Waals surface area contributed by atoms with Crippen molar-refractivity contribution in [2.75, 3.05) is 33.3 Å². The molecular weight excluding hydrogens is 436 g/mol. The Balaban J connectivity index is 2.09. The van der Waals surface area contributed by atoms with Crippen molar-refractivity contribution < 1.29 is 29.1 Å². The molecule has 0 aliphatic carbocycles. The maximum Gasteiger partial charge on any atom is 0.354 e. The Morgan fingerprint density at radius 2 is 1.85 bits per heavy atom. The van der Waals surface area contributed by atoms with Crippen molar-refractivity contribution in [3.63, 3.8) is 0 Å². The molecule has 2 aromatic rings. The Kier molecular flexibility index (Phi) is 7.88. The second kappa shape index (κ2) is 10.6. The number of hydrogen-bond acceptors (Lipinski definition) is 6. The minimum atomic E-state index is -0.808. The van der Waals surface area contributed by atoms with Crippen LogP contribution in [-0.4, -0.2) is 65.8 Å². The number of Topliss-reactive ketones (excluding diaryl/α,β-unsaturated/α-hetero) is 1. The molecule has 1 amide bonds. The molecule has 1 fully saturated rings. The summed E-state index contributed by atoms with van der Waals surface area (Å²) in [5.74, 6) is -2.65. The van der Waals surface area contributed by atoms with E-state index in [2.05, 4.69) is 23.8 Å². The summed E-state index contributed by atoms with van der Waals surface area (Å²) in [6.07, 6.45) is 3.85. The maximum atomic E-state index is 13.7. The molecule has 9 nitrogen and oxygen atoms in total. The molecule has 2 aromatic heterocycles. The molecule has 0 aromatic carbocycles. The number of rotatable bonds is 9. The van der Waals surface area contributed by atoms with E-state index in [0.717, 1.165) is 19.6 Å². The topological polar surface area (TPSA) is 120 Å². The van der Waals surface area contributed by atoms with Gasteiger partial charge in [0.1, 0.15) is 5.69 Å². The van der Waals surface area contributed by atoms with E-state index in [4.69, 9.17) is 4.74 Å². The number of ether oxygens (including phenoxy) is 1. The number of quaternary nitrogens is 1. The van der Waals surface area contributed by atoms with Crippen LogP contribution in [0.2, 0.25) is 0 Å². The first-order chi connectivity index (χ1) is 16.3. The van der Waals surface area contributed by atoms with Crippen molar-refractivity contribution in [1.82, 2.24) is 14.9 Å². The molecule has 0 radical (unpaired) electrons. The van der Waals surface area contributed by atoms with Gasteiger partial charge in [-0.05, 0) is 56.5 Å². The van der Waals surface area contributed by atoms with E-state index in [1.165, 1.54) is 16.9 Å². The van der Waals surface area contributed by atoms with Gasteiger partial charge in [0.15, 0.2) is 0 Å². The summed E-state index contributed by atoms with van der Waals surface area (Å²) in [6, 6.07) is 2.62. The van der Waals surface area contributed by atoms with Crippen molar-refractivity contribution in [3.8, 4) is 0 Å². The Morgan fingerprint density at radius 1 is 1.21 bits per heavy atom. The lowest BCUT2D eigenvalue weighted by atomic mass is 9.94. The molecule has 1 saturated heterocycles. The molecule has 182 valence electrons. The number of likely N-dealkylation sites (tertiary alicyclic amines) is 1. The Bertz CT molecular complexity index is 1100. The number of nitrogens with zero attached hydrogens (tertiary/aromatic N) is 2. The average Bonchev–Trinajstić information content (AvgIpc) is 3.28.